The van der Waals surface area contributed by atoms with Gasteiger partial charge in [-0.1, -0.05) is 48.9 Å². The number of carbonyl (C=O) groups excluding carboxylic acids is 1. The number of piperidine rings is 1. The van der Waals surface area contributed by atoms with Gasteiger partial charge in [0.25, 0.3) is 0 Å². The van der Waals surface area contributed by atoms with Crippen LogP contribution in [-0.4, -0.2) is 53.9 Å². The van der Waals surface area contributed by atoms with Gasteiger partial charge in [0.15, 0.2) is 0 Å². The Morgan fingerprint density at radius 2 is 1.70 bits per heavy atom. The van der Waals surface area contributed by atoms with Gasteiger partial charge in [-0.3, -0.25) is 9.69 Å². The summed E-state index contributed by atoms with van der Waals surface area (Å²) in [7, 11) is 0. The lowest BCUT2D eigenvalue weighted by Crippen LogP contribution is -2.42. The fourth-order valence-electron chi connectivity index (χ4n) is 5.51. The predicted molar refractivity (Wildman–Crippen MR) is 153 cm³/mol. The molecule has 1 saturated heterocycles. The number of nitrogens with zero attached hydrogens (tertiary/aromatic N) is 1. The van der Waals surface area contributed by atoms with E-state index in [9.17, 15) is 15.0 Å². The molecule has 0 saturated carbocycles. The molecule has 0 aliphatic carbocycles. The summed E-state index contributed by atoms with van der Waals surface area (Å²) in [5.41, 5.74) is -0.618. The van der Waals surface area contributed by atoms with Crippen molar-refractivity contribution >= 4 is 5.97 Å². The monoisotopic (exact) mass is 545 g/mol. The SMILES string of the molecule is CC(C)(C)C(=O)Oc1cc(O)c2c(c1)OCC(c1ccccc1)C2(O)c1ccc(OCCN2CCCCC2)cc1. The van der Waals surface area contributed by atoms with Crippen molar-refractivity contribution in [3.05, 3.63) is 83.4 Å². The first kappa shape index (κ1) is 28.0. The van der Waals surface area contributed by atoms with Crippen molar-refractivity contribution in [1.29, 1.82) is 0 Å². The van der Waals surface area contributed by atoms with Crippen LogP contribution in [0.25, 0.3) is 0 Å². The predicted octanol–water partition coefficient (Wildman–Crippen LogP) is 5.62. The third-order valence-corrected chi connectivity index (χ3v) is 7.79. The Morgan fingerprint density at radius 1 is 1.00 bits per heavy atom. The molecule has 2 heterocycles. The van der Waals surface area contributed by atoms with E-state index >= 15 is 0 Å². The summed E-state index contributed by atoms with van der Waals surface area (Å²) in [5.74, 6) is 0.0139. The lowest BCUT2D eigenvalue weighted by Gasteiger charge is -2.42. The van der Waals surface area contributed by atoms with Gasteiger partial charge in [0, 0.05) is 18.7 Å². The van der Waals surface area contributed by atoms with Gasteiger partial charge in [-0.2, -0.15) is 0 Å². The molecule has 7 nitrogen and oxygen atoms in total. The van der Waals surface area contributed by atoms with Gasteiger partial charge in [-0.05, 0) is 70.0 Å². The number of hydrogen-bond acceptors (Lipinski definition) is 7. The number of ether oxygens (including phenoxy) is 3. The number of aliphatic hydroxyl groups is 1. The van der Waals surface area contributed by atoms with E-state index in [-0.39, 0.29) is 29.4 Å². The first-order valence-corrected chi connectivity index (χ1v) is 14.1. The van der Waals surface area contributed by atoms with Crippen LogP contribution in [0.1, 0.15) is 62.6 Å². The highest BCUT2D eigenvalue weighted by Gasteiger charge is 2.48. The van der Waals surface area contributed by atoms with Gasteiger partial charge >= 0.3 is 5.97 Å². The molecule has 5 rings (SSSR count). The number of carbonyl (C=O) groups is 1. The second-order valence-electron chi connectivity index (χ2n) is 11.8. The number of aromatic hydroxyl groups is 1. The molecule has 0 spiro atoms. The highest BCUT2D eigenvalue weighted by Crippen LogP contribution is 2.53. The summed E-state index contributed by atoms with van der Waals surface area (Å²) >= 11 is 0. The maximum Gasteiger partial charge on any atom is 0.316 e. The Hall–Kier alpha value is -3.55. The van der Waals surface area contributed by atoms with E-state index in [0.29, 0.717) is 12.2 Å². The zero-order valence-electron chi connectivity index (χ0n) is 23.6. The fraction of sp³-hybridized carbons (Fsp3) is 0.424. The van der Waals surface area contributed by atoms with E-state index in [4.69, 9.17) is 14.2 Å². The van der Waals surface area contributed by atoms with Crippen molar-refractivity contribution in [2.45, 2.75) is 51.6 Å². The van der Waals surface area contributed by atoms with Gasteiger partial charge in [-0.25, -0.2) is 0 Å². The van der Waals surface area contributed by atoms with E-state index < -0.39 is 22.9 Å². The summed E-state index contributed by atoms with van der Waals surface area (Å²) in [5, 5.41) is 23.8. The molecule has 0 amide bonds. The number of likely N-dealkylation sites (tertiary alicyclic amines) is 1. The number of benzene rings is 3. The normalized spacial score (nSPS) is 21.2. The summed E-state index contributed by atoms with van der Waals surface area (Å²) in [6, 6.07) is 20.0. The fourth-order valence-corrected chi connectivity index (χ4v) is 5.51. The van der Waals surface area contributed by atoms with E-state index in [2.05, 4.69) is 4.90 Å². The molecule has 1 fully saturated rings. The molecule has 2 aliphatic heterocycles. The van der Waals surface area contributed by atoms with Crippen molar-refractivity contribution in [3.63, 3.8) is 0 Å². The van der Waals surface area contributed by atoms with E-state index in [1.54, 1.807) is 26.8 Å². The van der Waals surface area contributed by atoms with Gasteiger partial charge in [-0.15, -0.1) is 0 Å². The Balaban J connectivity index is 1.45. The largest absolute Gasteiger partial charge is 0.507 e. The van der Waals surface area contributed by atoms with Crippen molar-refractivity contribution in [1.82, 2.24) is 4.90 Å². The topological polar surface area (TPSA) is 88.5 Å². The molecule has 7 heteroatoms. The average Bonchev–Trinajstić information content (AvgIpc) is 2.94. The van der Waals surface area contributed by atoms with Crippen LogP contribution in [0.4, 0.5) is 0 Å². The van der Waals surface area contributed by atoms with Crippen LogP contribution in [-0.2, 0) is 10.4 Å². The van der Waals surface area contributed by atoms with Gasteiger partial charge in [0.05, 0.1) is 23.5 Å². The lowest BCUT2D eigenvalue weighted by atomic mass is 9.71. The molecule has 3 aromatic rings. The van der Waals surface area contributed by atoms with Gasteiger partial charge in [0.1, 0.15) is 35.2 Å². The quantitative estimate of drug-likeness (QED) is 0.294. The number of hydrogen-bond donors (Lipinski definition) is 2. The number of esters is 1. The number of fused-ring (bicyclic) bond motifs is 1. The highest BCUT2D eigenvalue weighted by molar-refractivity contribution is 5.78. The highest BCUT2D eigenvalue weighted by atomic mass is 16.5. The minimum absolute atomic E-state index is 0.161. The van der Waals surface area contributed by atoms with Gasteiger partial charge < -0.3 is 24.4 Å². The maximum atomic E-state index is 12.5. The van der Waals surface area contributed by atoms with E-state index in [1.807, 2.05) is 54.6 Å². The summed E-state index contributed by atoms with van der Waals surface area (Å²) in [4.78, 5) is 14.9. The third kappa shape index (κ3) is 5.81. The van der Waals surface area contributed by atoms with Crippen LogP contribution in [0.15, 0.2) is 66.7 Å². The van der Waals surface area contributed by atoms with Crippen LogP contribution in [0.3, 0.4) is 0 Å². The second kappa shape index (κ2) is 11.5. The van der Waals surface area contributed by atoms with Crippen molar-refractivity contribution < 1.29 is 29.2 Å². The molecule has 2 unspecified atom stereocenters. The molecule has 2 N–H and O–H groups in total. The zero-order valence-corrected chi connectivity index (χ0v) is 23.6. The molecule has 212 valence electrons. The first-order chi connectivity index (χ1) is 19.2. The van der Waals surface area contributed by atoms with E-state index in [1.165, 1.54) is 25.3 Å². The second-order valence-corrected chi connectivity index (χ2v) is 11.8. The Morgan fingerprint density at radius 3 is 2.38 bits per heavy atom. The smallest absolute Gasteiger partial charge is 0.316 e. The van der Waals surface area contributed by atoms with Crippen LogP contribution >= 0.6 is 0 Å². The van der Waals surface area contributed by atoms with Gasteiger partial charge in [0.2, 0.25) is 0 Å². The van der Waals surface area contributed by atoms with E-state index in [0.717, 1.165) is 30.9 Å². The number of rotatable bonds is 7. The Bertz CT molecular complexity index is 1310. The molecule has 0 radical (unpaired) electrons. The maximum absolute atomic E-state index is 12.5. The zero-order chi connectivity index (χ0) is 28.3. The molecule has 40 heavy (non-hydrogen) atoms. The van der Waals surface area contributed by atoms with Crippen LogP contribution < -0.4 is 14.2 Å². The Kier molecular flexibility index (Phi) is 8.06. The number of phenolic OH excluding ortho intramolecular Hbond substituents is 1. The molecule has 2 atom stereocenters. The minimum Gasteiger partial charge on any atom is -0.507 e. The summed E-state index contributed by atoms with van der Waals surface area (Å²) in [6.45, 7) is 9.18. The average molecular weight is 546 g/mol. The molecular weight excluding hydrogens is 506 g/mol. The molecular formula is C33H39NO6. The summed E-state index contributed by atoms with van der Waals surface area (Å²) in [6.07, 6.45) is 3.79. The number of phenols is 1. The van der Waals surface area contributed by atoms with Crippen LogP contribution in [0.5, 0.6) is 23.0 Å². The first-order valence-electron chi connectivity index (χ1n) is 14.1. The van der Waals surface area contributed by atoms with Crippen LogP contribution in [0, 0.1) is 5.41 Å². The molecule has 2 aliphatic rings. The standard InChI is InChI=1S/C33H39NO6/c1-32(2,3)31(36)40-26-20-28(35)30-29(21-26)39-22-27(23-10-6-4-7-11-23)33(30,37)24-12-14-25(15-13-24)38-19-18-34-16-8-5-9-17-34/h4,6-7,10-15,20-21,27,35,37H,5,8-9,16-19,22H2,1-3H3. The van der Waals surface area contributed by atoms with Crippen molar-refractivity contribution in [2.75, 3.05) is 32.8 Å². The van der Waals surface area contributed by atoms with Crippen molar-refractivity contribution in [3.8, 4) is 23.0 Å². The van der Waals surface area contributed by atoms with Crippen LogP contribution in [0.2, 0.25) is 0 Å². The molecule has 0 bridgehead atoms. The van der Waals surface area contributed by atoms with Crippen molar-refractivity contribution in [2.24, 2.45) is 5.41 Å². The molecule has 0 aromatic heterocycles. The third-order valence-electron chi connectivity index (χ3n) is 7.79. The lowest BCUT2D eigenvalue weighted by molar-refractivity contribution is -0.143. The minimum atomic E-state index is -1.61. The molecule has 3 aromatic carbocycles. The summed E-state index contributed by atoms with van der Waals surface area (Å²) < 4.78 is 17.6. The Labute approximate surface area is 236 Å².